The number of hydrogen-bond acceptors (Lipinski definition) is 3. The minimum absolute atomic E-state index is 0.294. The Balaban J connectivity index is 1.42. The summed E-state index contributed by atoms with van der Waals surface area (Å²) in [5.41, 5.74) is 3.12. The third-order valence-electron chi connectivity index (χ3n) is 5.51. The number of fused-ring (bicyclic) bond motifs is 1. The Morgan fingerprint density at radius 3 is 2.76 bits per heavy atom. The van der Waals surface area contributed by atoms with Gasteiger partial charge in [0.1, 0.15) is 0 Å². The van der Waals surface area contributed by atoms with Crippen molar-refractivity contribution in [1.82, 2.24) is 14.9 Å². The Morgan fingerprint density at radius 2 is 2.03 bits per heavy atom. The highest BCUT2D eigenvalue weighted by Gasteiger charge is 2.18. The molecule has 1 aliphatic heterocycles. The molecule has 3 aromatic rings. The maximum Gasteiger partial charge on any atom is 0.295 e. The topological polar surface area (TPSA) is 61.0 Å². The van der Waals surface area contributed by atoms with Crippen LogP contribution in [0, 0.1) is 0 Å². The van der Waals surface area contributed by atoms with Gasteiger partial charge in [-0.2, -0.15) is 0 Å². The number of aromatic nitrogens is 2. The summed E-state index contributed by atoms with van der Waals surface area (Å²) in [6.45, 7) is 4.32. The molecule has 1 atom stereocenters. The predicted octanol–water partition coefficient (Wildman–Crippen LogP) is 5.13. The number of carbonyl (C=O) groups excluding carboxylic acids is 1. The number of likely N-dealkylation sites (tertiary alicyclic amines) is 1. The van der Waals surface area contributed by atoms with E-state index in [2.05, 4.69) is 27.1 Å². The molecule has 1 amide bonds. The fourth-order valence-electron chi connectivity index (χ4n) is 3.80. The Bertz CT molecular complexity index is 1000. The first kappa shape index (κ1) is 19.5. The SMILES string of the molecule is CC1CCCCN1Cc1ccc(NC(=O)c2ccc3nc(C(F)F)[nH]c3c2)cc1. The number of halogens is 2. The van der Waals surface area contributed by atoms with Crippen molar-refractivity contribution in [2.75, 3.05) is 11.9 Å². The highest BCUT2D eigenvalue weighted by atomic mass is 19.3. The van der Waals surface area contributed by atoms with Crippen molar-refractivity contribution >= 4 is 22.6 Å². The standard InChI is InChI=1S/C22H24F2N4O/c1-14-4-2-3-11-28(14)13-15-5-8-17(9-6-15)25-22(29)16-7-10-18-19(12-16)27-21(26-18)20(23)24/h5-10,12,14,20H,2-4,11,13H2,1H3,(H,25,29)(H,26,27). The number of rotatable bonds is 5. The lowest BCUT2D eigenvalue weighted by atomic mass is 10.0. The molecule has 1 saturated heterocycles. The number of nitrogens with one attached hydrogen (secondary N) is 2. The van der Waals surface area contributed by atoms with Gasteiger partial charge in [0.25, 0.3) is 12.3 Å². The van der Waals surface area contributed by atoms with E-state index >= 15 is 0 Å². The van der Waals surface area contributed by atoms with Crippen molar-refractivity contribution < 1.29 is 13.6 Å². The Hall–Kier alpha value is -2.80. The van der Waals surface area contributed by atoms with E-state index in [4.69, 9.17) is 0 Å². The van der Waals surface area contributed by atoms with Gasteiger partial charge in [-0.3, -0.25) is 9.69 Å². The Kier molecular flexibility index (Phi) is 5.58. The molecule has 1 unspecified atom stereocenters. The second kappa shape index (κ2) is 8.29. The summed E-state index contributed by atoms with van der Waals surface area (Å²) in [4.78, 5) is 21.4. The highest BCUT2D eigenvalue weighted by Crippen LogP contribution is 2.22. The number of imidazole rings is 1. The molecule has 0 spiro atoms. The number of alkyl halides is 2. The summed E-state index contributed by atoms with van der Waals surface area (Å²) < 4.78 is 25.6. The lowest BCUT2D eigenvalue weighted by Gasteiger charge is -2.33. The molecule has 2 N–H and O–H groups in total. The normalized spacial score (nSPS) is 17.7. The van der Waals surface area contributed by atoms with Gasteiger partial charge in [-0.15, -0.1) is 0 Å². The molecular formula is C22H24F2N4O. The number of nitrogens with zero attached hydrogens (tertiary/aromatic N) is 2. The maximum atomic E-state index is 12.8. The van der Waals surface area contributed by atoms with Crippen molar-refractivity contribution in [3.8, 4) is 0 Å². The molecule has 0 aliphatic carbocycles. The molecule has 0 radical (unpaired) electrons. The number of amides is 1. The van der Waals surface area contributed by atoms with Crippen LogP contribution < -0.4 is 5.32 Å². The summed E-state index contributed by atoms with van der Waals surface area (Å²) in [5, 5.41) is 2.86. The largest absolute Gasteiger partial charge is 0.337 e. The number of anilines is 1. The summed E-state index contributed by atoms with van der Waals surface area (Å²) >= 11 is 0. The van der Waals surface area contributed by atoms with Crippen LogP contribution in [0.1, 0.15) is 54.4 Å². The van der Waals surface area contributed by atoms with Crippen LogP contribution in [0.4, 0.5) is 14.5 Å². The summed E-state index contributed by atoms with van der Waals surface area (Å²) in [6.07, 6.45) is 1.12. The quantitative estimate of drug-likeness (QED) is 0.627. The molecule has 152 valence electrons. The van der Waals surface area contributed by atoms with E-state index < -0.39 is 12.2 Å². The molecule has 7 heteroatoms. The van der Waals surface area contributed by atoms with Crippen LogP contribution in [-0.2, 0) is 6.54 Å². The molecule has 29 heavy (non-hydrogen) atoms. The average Bonchev–Trinajstić information content (AvgIpc) is 3.15. The third kappa shape index (κ3) is 4.45. The van der Waals surface area contributed by atoms with Crippen LogP contribution in [-0.4, -0.2) is 33.4 Å². The van der Waals surface area contributed by atoms with Crippen LogP contribution in [0.2, 0.25) is 0 Å². The predicted molar refractivity (Wildman–Crippen MR) is 109 cm³/mol. The molecule has 1 fully saturated rings. The summed E-state index contributed by atoms with van der Waals surface area (Å²) in [7, 11) is 0. The number of aromatic amines is 1. The fourth-order valence-corrected chi connectivity index (χ4v) is 3.80. The number of piperidine rings is 1. The number of H-pyrrole nitrogens is 1. The van der Waals surface area contributed by atoms with Gasteiger partial charge in [0.05, 0.1) is 11.0 Å². The van der Waals surface area contributed by atoms with E-state index in [1.807, 2.05) is 24.3 Å². The summed E-state index contributed by atoms with van der Waals surface area (Å²) in [5.74, 6) is -0.686. The van der Waals surface area contributed by atoms with E-state index in [1.165, 1.54) is 30.9 Å². The maximum absolute atomic E-state index is 12.8. The molecule has 2 heterocycles. The van der Waals surface area contributed by atoms with E-state index in [-0.39, 0.29) is 5.91 Å². The fraction of sp³-hybridized carbons (Fsp3) is 0.364. The monoisotopic (exact) mass is 398 g/mol. The Labute approximate surface area is 168 Å². The van der Waals surface area contributed by atoms with E-state index in [9.17, 15) is 13.6 Å². The lowest BCUT2D eigenvalue weighted by molar-refractivity contribution is 0.102. The van der Waals surface area contributed by atoms with Gasteiger partial charge >= 0.3 is 0 Å². The van der Waals surface area contributed by atoms with Crippen LogP contribution in [0.5, 0.6) is 0 Å². The lowest BCUT2D eigenvalue weighted by Crippen LogP contribution is -2.36. The van der Waals surface area contributed by atoms with Crippen molar-refractivity contribution in [2.24, 2.45) is 0 Å². The van der Waals surface area contributed by atoms with Crippen molar-refractivity contribution in [2.45, 2.75) is 45.2 Å². The number of benzene rings is 2. The van der Waals surface area contributed by atoms with Crippen LogP contribution in [0.3, 0.4) is 0 Å². The highest BCUT2D eigenvalue weighted by molar-refractivity contribution is 6.05. The molecule has 5 nitrogen and oxygen atoms in total. The summed E-state index contributed by atoms with van der Waals surface area (Å²) in [6, 6.07) is 13.1. The molecular weight excluding hydrogens is 374 g/mol. The second-order valence-electron chi connectivity index (χ2n) is 7.62. The molecule has 4 rings (SSSR count). The zero-order valence-electron chi connectivity index (χ0n) is 16.3. The Morgan fingerprint density at radius 1 is 1.24 bits per heavy atom. The average molecular weight is 398 g/mol. The zero-order chi connectivity index (χ0) is 20.4. The molecule has 1 aliphatic rings. The second-order valence-corrected chi connectivity index (χ2v) is 7.62. The van der Waals surface area contributed by atoms with Crippen molar-refractivity contribution in [3.05, 3.63) is 59.4 Å². The van der Waals surface area contributed by atoms with Gasteiger partial charge in [-0.05, 0) is 62.2 Å². The molecule has 2 aromatic carbocycles. The van der Waals surface area contributed by atoms with Crippen molar-refractivity contribution in [3.63, 3.8) is 0 Å². The first-order valence-electron chi connectivity index (χ1n) is 9.92. The smallest absolute Gasteiger partial charge is 0.295 e. The van der Waals surface area contributed by atoms with Crippen LogP contribution in [0.25, 0.3) is 11.0 Å². The van der Waals surface area contributed by atoms with Gasteiger partial charge in [0.15, 0.2) is 5.82 Å². The van der Waals surface area contributed by atoms with Crippen molar-refractivity contribution in [1.29, 1.82) is 0 Å². The van der Waals surface area contributed by atoms with Crippen LogP contribution >= 0.6 is 0 Å². The molecule has 0 bridgehead atoms. The van der Waals surface area contributed by atoms with E-state index in [0.717, 1.165) is 13.1 Å². The van der Waals surface area contributed by atoms with E-state index in [1.54, 1.807) is 12.1 Å². The van der Waals surface area contributed by atoms with Gasteiger partial charge in [0.2, 0.25) is 0 Å². The third-order valence-corrected chi connectivity index (χ3v) is 5.51. The van der Waals surface area contributed by atoms with Gasteiger partial charge in [-0.1, -0.05) is 18.6 Å². The molecule has 0 saturated carbocycles. The first-order chi connectivity index (χ1) is 14.0. The van der Waals surface area contributed by atoms with Gasteiger partial charge in [0, 0.05) is 23.8 Å². The van der Waals surface area contributed by atoms with Gasteiger partial charge in [-0.25, -0.2) is 13.8 Å². The molecule has 1 aromatic heterocycles. The number of carbonyl (C=O) groups is 1. The van der Waals surface area contributed by atoms with Crippen LogP contribution in [0.15, 0.2) is 42.5 Å². The van der Waals surface area contributed by atoms with Gasteiger partial charge < -0.3 is 10.3 Å². The minimum Gasteiger partial charge on any atom is -0.337 e. The minimum atomic E-state index is -2.67. The zero-order valence-corrected chi connectivity index (χ0v) is 16.3. The van der Waals surface area contributed by atoms with E-state index in [0.29, 0.717) is 28.3 Å². The first-order valence-corrected chi connectivity index (χ1v) is 9.92. The number of hydrogen-bond donors (Lipinski definition) is 2.